The molecule has 2 heterocycles. The SMILES string of the molecule is C[C@H](O)c1ccnc(N(CCC#N)Cc2cccnc2)c1. The Balaban J connectivity index is 2.23. The fraction of sp³-hybridized carbons (Fsp3) is 0.312. The maximum absolute atomic E-state index is 9.69. The first-order valence-corrected chi connectivity index (χ1v) is 6.85. The molecule has 2 aromatic rings. The molecule has 0 aliphatic carbocycles. The first-order chi connectivity index (χ1) is 10.2. The van der Waals surface area contributed by atoms with E-state index in [1.807, 2.05) is 23.1 Å². The number of rotatable bonds is 6. The molecule has 1 N–H and O–H groups in total. The topological polar surface area (TPSA) is 73.0 Å². The molecule has 5 heteroatoms. The van der Waals surface area contributed by atoms with Gasteiger partial charge in [-0.05, 0) is 36.2 Å². The first kappa shape index (κ1) is 14.9. The number of aromatic nitrogens is 2. The van der Waals surface area contributed by atoms with E-state index in [1.54, 1.807) is 31.6 Å². The minimum Gasteiger partial charge on any atom is -0.389 e. The zero-order valence-corrected chi connectivity index (χ0v) is 12.0. The maximum Gasteiger partial charge on any atom is 0.129 e. The molecule has 0 radical (unpaired) electrons. The van der Waals surface area contributed by atoms with Crippen molar-refractivity contribution in [2.75, 3.05) is 11.4 Å². The fourth-order valence-electron chi connectivity index (χ4n) is 2.04. The zero-order chi connectivity index (χ0) is 15.1. The van der Waals surface area contributed by atoms with Crippen LogP contribution in [-0.4, -0.2) is 21.6 Å². The van der Waals surface area contributed by atoms with Gasteiger partial charge in [-0.15, -0.1) is 0 Å². The smallest absolute Gasteiger partial charge is 0.129 e. The predicted octanol–water partition coefficient (Wildman–Crippen LogP) is 2.45. The summed E-state index contributed by atoms with van der Waals surface area (Å²) in [6, 6.07) is 9.69. The van der Waals surface area contributed by atoms with Crippen LogP contribution in [0.1, 0.15) is 30.6 Å². The minimum absolute atomic E-state index is 0.418. The van der Waals surface area contributed by atoms with Crippen LogP contribution in [-0.2, 0) is 6.54 Å². The summed E-state index contributed by atoms with van der Waals surface area (Å²) < 4.78 is 0. The second-order valence-corrected chi connectivity index (χ2v) is 4.81. The Morgan fingerprint density at radius 1 is 1.38 bits per heavy atom. The van der Waals surface area contributed by atoms with E-state index in [4.69, 9.17) is 5.26 Å². The standard InChI is InChI=1S/C16H18N4O/c1-13(21)15-5-8-19-16(10-15)20(9-3-6-17)12-14-4-2-7-18-11-14/h2,4-5,7-8,10-11,13,21H,3,9,12H2,1H3/t13-/m0/s1. The molecule has 0 spiro atoms. The van der Waals surface area contributed by atoms with Crippen LogP contribution in [0.4, 0.5) is 5.82 Å². The number of nitriles is 1. The van der Waals surface area contributed by atoms with Crippen LogP contribution in [0.15, 0.2) is 42.9 Å². The average molecular weight is 282 g/mol. The Bertz CT molecular complexity index is 607. The molecule has 108 valence electrons. The van der Waals surface area contributed by atoms with Gasteiger partial charge in [0, 0.05) is 31.7 Å². The normalized spacial score (nSPS) is 11.7. The summed E-state index contributed by atoms with van der Waals surface area (Å²) in [6.07, 6.45) is 5.09. The number of aliphatic hydroxyl groups excluding tert-OH is 1. The molecular weight excluding hydrogens is 264 g/mol. The van der Waals surface area contributed by atoms with Crippen molar-refractivity contribution in [2.24, 2.45) is 0 Å². The molecule has 5 nitrogen and oxygen atoms in total. The lowest BCUT2D eigenvalue weighted by atomic mass is 10.1. The van der Waals surface area contributed by atoms with Crippen molar-refractivity contribution < 1.29 is 5.11 Å². The quantitative estimate of drug-likeness (QED) is 0.881. The average Bonchev–Trinajstić information content (AvgIpc) is 2.52. The summed E-state index contributed by atoms with van der Waals surface area (Å²) in [5.74, 6) is 0.757. The van der Waals surface area contributed by atoms with E-state index in [1.165, 1.54) is 0 Å². The number of pyridine rings is 2. The van der Waals surface area contributed by atoms with E-state index in [-0.39, 0.29) is 0 Å². The highest BCUT2D eigenvalue weighted by Gasteiger charge is 2.11. The van der Waals surface area contributed by atoms with Crippen molar-refractivity contribution in [1.82, 2.24) is 9.97 Å². The molecule has 0 bridgehead atoms. The lowest BCUT2D eigenvalue weighted by Gasteiger charge is -2.23. The van der Waals surface area contributed by atoms with Gasteiger partial charge in [-0.25, -0.2) is 4.98 Å². The number of hydrogen-bond acceptors (Lipinski definition) is 5. The van der Waals surface area contributed by atoms with E-state index in [0.29, 0.717) is 19.5 Å². The molecule has 0 aromatic carbocycles. The van der Waals surface area contributed by atoms with Crippen LogP contribution in [0.2, 0.25) is 0 Å². The van der Waals surface area contributed by atoms with Gasteiger partial charge in [0.25, 0.3) is 0 Å². The van der Waals surface area contributed by atoms with Crippen molar-refractivity contribution in [1.29, 1.82) is 5.26 Å². The minimum atomic E-state index is -0.539. The van der Waals surface area contributed by atoms with Crippen LogP contribution in [0.3, 0.4) is 0 Å². The van der Waals surface area contributed by atoms with Crippen LogP contribution in [0.5, 0.6) is 0 Å². The summed E-state index contributed by atoms with van der Waals surface area (Å²) in [6.45, 7) is 2.94. The van der Waals surface area contributed by atoms with Gasteiger partial charge in [-0.3, -0.25) is 4.98 Å². The Kier molecular flexibility index (Phi) is 5.24. The van der Waals surface area contributed by atoms with Crippen LogP contribution >= 0.6 is 0 Å². The van der Waals surface area contributed by atoms with E-state index >= 15 is 0 Å². The van der Waals surface area contributed by atoms with Gasteiger partial charge in [0.2, 0.25) is 0 Å². The van der Waals surface area contributed by atoms with Gasteiger partial charge in [-0.2, -0.15) is 5.26 Å². The molecule has 0 unspecified atom stereocenters. The van der Waals surface area contributed by atoms with Gasteiger partial charge in [0.15, 0.2) is 0 Å². The Morgan fingerprint density at radius 3 is 2.90 bits per heavy atom. The highest BCUT2D eigenvalue weighted by molar-refractivity contribution is 5.42. The number of anilines is 1. The molecule has 0 aliphatic heterocycles. The van der Waals surface area contributed by atoms with E-state index in [2.05, 4.69) is 16.0 Å². The first-order valence-electron chi connectivity index (χ1n) is 6.85. The molecule has 0 saturated heterocycles. The second kappa shape index (κ2) is 7.36. The van der Waals surface area contributed by atoms with Crippen molar-refractivity contribution in [3.8, 4) is 6.07 Å². The largest absolute Gasteiger partial charge is 0.389 e. The lowest BCUT2D eigenvalue weighted by Crippen LogP contribution is -2.25. The summed E-state index contributed by atoms with van der Waals surface area (Å²) in [4.78, 5) is 10.5. The van der Waals surface area contributed by atoms with Gasteiger partial charge in [0.05, 0.1) is 18.6 Å². The third-order valence-corrected chi connectivity index (χ3v) is 3.17. The van der Waals surface area contributed by atoms with Gasteiger partial charge in [0.1, 0.15) is 5.82 Å². The van der Waals surface area contributed by atoms with Crippen LogP contribution < -0.4 is 4.90 Å². The van der Waals surface area contributed by atoms with Gasteiger partial charge in [-0.1, -0.05) is 6.07 Å². The fourth-order valence-corrected chi connectivity index (χ4v) is 2.04. The Hall–Kier alpha value is -2.45. The summed E-state index contributed by atoms with van der Waals surface area (Å²) >= 11 is 0. The van der Waals surface area contributed by atoms with Crippen molar-refractivity contribution >= 4 is 5.82 Å². The van der Waals surface area contributed by atoms with Crippen LogP contribution in [0, 0.1) is 11.3 Å². The van der Waals surface area contributed by atoms with Gasteiger partial charge < -0.3 is 10.0 Å². The van der Waals surface area contributed by atoms with Crippen molar-refractivity contribution in [3.05, 3.63) is 54.0 Å². The molecular formula is C16H18N4O. The van der Waals surface area contributed by atoms with E-state index in [9.17, 15) is 5.11 Å². The van der Waals surface area contributed by atoms with Gasteiger partial charge >= 0.3 is 0 Å². The number of hydrogen-bond donors (Lipinski definition) is 1. The molecule has 2 aromatic heterocycles. The maximum atomic E-state index is 9.69. The van der Waals surface area contributed by atoms with E-state index < -0.39 is 6.10 Å². The van der Waals surface area contributed by atoms with E-state index in [0.717, 1.165) is 16.9 Å². The molecule has 0 fully saturated rings. The zero-order valence-electron chi connectivity index (χ0n) is 12.0. The van der Waals surface area contributed by atoms with Crippen molar-refractivity contribution in [3.63, 3.8) is 0 Å². The summed E-state index contributed by atoms with van der Waals surface area (Å²) in [5, 5.41) is 18.5. The van der Waals surface area contributed by atoms with Crippen LogP contribution in [0.25, 0.3) is 0 Å². The van der Waals surface area contributed by atoms with Crippen molar-refractivity contribution in [2.45, 2.75) is 26.0 Å². The molecule has 21 heavy (non-hydrogen) atoms. The summed E-state index contributed by atoms with van der Waals surface area (Å²) in [5.41, 5.74) is 1.87. The summed E-state index contributed by atoms with van der Waals surface area (Å²) in [7, 11) is 0. The number of aliphatic hydroxyl groups is 1. The Labute approximate surface area is 124 Å². The number of nitrogens with zero attached hydrogens (tertiary/aromatic N) is 4. The molecule has 1 atom stereocenters. The predicted molar refractivity (Wildman–Crippen MR) is 80.4 cm³/mol. The monoisotopic (exact) mass is 282 g/mol. The highest BCUT2D eigenvalue weighted by Crippen LogP contribution is 2.19. The second-order valence-electron chi connectivity index (χ2n) is 4.81. The Morgan fingerprint density at radius 2 is 2.24 bits per heavy atom. The molecule has 0 saturated carbocycles. The lowest BCUT2D eigenvalue weighted by molar-refractivity contribution is 0.199. The highest BCUT2D eigenvalue weighted by atomic mass is 16.3. The molecule has 0 amide bonds. The third kappa shape index (κ3) is 4.26. The third-order valence-electron chi connectivity index (χ3n) is 3.17. The molecule has 0 aliphatic rings. The molecule has 2 rings (SSSR count).